The number of aryl methyl sites for hydroxylation is 2. The average Bonchev–Trinajstić information content (AvgIpc) is 0.830. The van der Waals surface area contributed by atoms with Gasteiger partial charge in [0.2, 0.25) is 11.8 Å². The molecule has 7 aromatic carbocycles. The monoisotopic (exact) mass is 2040 g/mol. The van der Waals surface area contributed by atoms with Crippen LogP contribution in [0.3, 0.4) is 0 Å². The molecule has 32 heteroatoms. The molecule has 5 fully saturated rings. The Kier molecular flexibility index (Phi) is 50.4. The summed E-state index contributed by atoms with van der Waals surface area (Å²) >= 11 is 0. The van der Waals surface area contributed by atoms with Gasteiger partial charge in [-0.15, -0.1) is 0 Å². The first-order valence-corrected chi connectivity index (χ1v) is 52.5. The fourth-order valence-electron chi connectivity index (χ4n) is 18.9. The number of nitrogens with two attached hydrogens (primary N) is 6. The summed E-state index contributed by atoms with van der Waals surface area (Å²) in [5, 5.41) is 63.4. The number of hydrogen-bond donors (Lipinski definition) is 11. The van der Waals surface area contributed by atoms with E-state index in [4.69, 9.17) is 94.1 Å². The Balaban J connectivity index is 0.000000253. The van der Waals surface area contributed by atoms with E-state index < -0.39 is 53.3 Å². The summed E-state index contributed by atoms with van der Waals surface area (Å²) < 4.78 is 36.8. The number of likely N-dealkylation sites (N-methyl/N-ethyl adjacent to an activating group) is 1. The van der Waals surface area contributed by atoms with Gasteiger partial charge < -0.3 is 88.4 Å². The number of carbonyl (C=O) groups is 6. The number of ether oxygens (including phenoxy) is 6. The van der Waals surface area contributed by atoms with Crippen molar-refractivity contribution in [1.82, 2.24) is 30.2 Å². The summed E-state index contributed by atoms with van der Waals surface area (Å²) in [7, 11) is 1.49. The number of amidine groups is 1. The quantitative estimate of drug-likeness (QED) is 0.00655. The Labute approximate surface area is 878 Å². The normalized spacial score (nSPS) is 17.1. The number of nitriles is 3. The van der Waals surface area contributed by atoms with Crippen LogP contribution in [0.1, 0.15) is 310 Å². The summed E-state index contributed by atoms with van der Waals surface area (Å²) in [6.07, 6.45) is 38.2. The van der Waals surface area contributed by atoms with Crippen molar-refractivity contribution in [3.05, 3.63) is 208 Å². The van der Waals surface area contributed by atoms with Crippen molar-refractivity contribution >= 4 is 66.1 Å². The summed E-state index contributed by atoms with van der Waals surface area (Å²) in [6.45, 7) is 6.26. The van der Waals surface area contributed by atoms with Gasteiger partial charge in [-0.3, -0.25) is 29.4 Å². The number of carboxylic acid groups (broad SMARTS) is 1. The number of amides is 2. The molecule has 0 radical (unpaired) electrons. The van der Waals surface area contributed by atoms with Crippen molar-refractivity contribution in [2.45, 2.75) is 307 Å². The molecule has 15 rings (SSSR count). The molecule has 2 amide bonds. The van der Waals surface area contributed by atoms with Crippen LogP contribution in [-0.4, -0.2) is 158 Å². The summed E-state index contributed by atoms with van der Waals surface area (Å²) in [4.78, 5) is 102. The Morgan fingerprint density at radius 1 is 0.520 bits per heavy atom. The number of anilines is 2. The van der Waals surface area contributed by atoms with Crippen LogP contribution < -0.4 is 68.1 Å². The highest BCUT2D eigenvalue weighted by atomic mass is 32.1. The Morgan fingerprint density at radius 2 is 0.919 bits per heavy atom. The number of fused-ring (bicyclic) bond motifs is 5. The van der Waals surface area contributed by atoms with E-state index in [1.54, 1.807) is 57.2 Å². The third-order valence-electron chi connectivity index (χ3n) is 27.1. The highest BCUT2D eigenvalue weighted by Crippen LogP contribution is 2.43. The van der Waals surface area contributed by atoms with E-state index in [1.165, 1.54) is 152 Å². The van der Waals surface area contributed by atoms with Gasteiger partial charge in [-0.1, -0.05) is 96.1 Å². The predicted molar refractivity (Wildman–Crippen MR) is 580 cm³/mol. The maximum absolute atomic E-state index is 14.9. The number of aliphatic hydroxyl groups excluding tert-OH is 1. The zero-order valence-electron chi connectivity index (χ0n) is 86.4. The fraction of sp³-hybridized carbons (Fsp3) is 0.483. The van der Waals surface area contributed by atoms with Crippen molar-refractivity contribution in [3.63, 3.8) is 0 Å². The van der Waals surface area contributed by atoms with Crippen molar-refractivity contribution in [2.24, 2.45) is 34.8 Å². The Hall–Kier alpha value is -13.6. The molecule has 1 aliphatic heterocycles. The molecule has 2 aromatic heterocycles. The first kappa shape index (κ1) is 118. The smallest absolute Gasteiger partial charge is 0.341 e. The molecule has 4 atom stereocenters. The van der Waals surface area contributed by atoms with Gasteiger partial charge in [0.05, 0.1) is 96.1 Å². The molecule has 3 heterocycles. The second-order valence-electron chi connectivity index (χ2n) is 38.7. The number of rotatable bonds is 30. The SMILES string of the molecule is Cc1nc(-c2ccc(OC3CCCCCC3)cc2)nc(N)c1C(=O)C[C@@H](CCN)C(=O)N(C)[C@@H]1C(=O)C[C@@H](C)C(=O)N[C@H](C(=O)CCC#N)Cc2ccc(OCCCN)c(c2)-c2cc1ccc2OCCCN.Cc1nc(-c2ccc(OC3CCCCCC3)cc2)nc(N)c1C(=O)O.N#Cc1ccc(O)cc1.N#Cc1ccc(OC2CCCCCC2)cc1.N=C(N)c1ccc(OC2CCCCCC2)cc1.OC1CCCCCC1.S. The van der Waals surface area contributed by atoms with E-state index in [1.807, 2.05) is 121 Å². The number of aromatic carboxylic acids is 1. The summed E-state index contributed by atoms with van der Waals surface area (Å²) in [6, 6.07) is 50.5. The van der Waals surface area contributed by atoms with Crippen LogP contribution in [-0.2, 0) is 25.6 Å². The van der Waals surface area contributed by atoms with E-state index in [-0.39, 0.29) is 124 Å². The van der Waals surface area contributed by atoms with Crippen molar-refractivity contribution in [3.8, 4) is 92.4 Å². The molecule has 4 bridgehead atoms. The number of nitrogen functional groups attached to an aromatic ring is 3. The lowest BCUT2D eigenvalue weighted by molar-refractivity contribution is -0.142. The lowest BCUT2D eigenvalue weighted by Crippen LogP contribution is -2.46. The molecule has 31 nitrogen and oxygen atoms in total. The summed E-state index contributed by atoms with van der Waals surface area (Å²) in [5.74, 6) is -0.0974. The van der Waals surface area contributed by atoms with Gasteiger partial charge in [0.25, 0.3) is 0 Å². The standard InChI is InChI=1S/C55H71N9O8.C19H23N3O3.C14H20N2O.C14H17NO.C7H5NO.C7H14O.H2S/c1-34-29-47(67)51(38-17-21-49(71-28-10-25-58)43(32-38)42-30-36(14-20-48(42)70-27-9-24-57)31-44(62-54(34)68)45(65)13-8-23-56)64(3)55(69)39(22-26-59)33-46(66)50-35(2)61-53(63-52(50)60)37-15-18-41(19-16-37)72-40-11-6-4-5-7-12-40;1-12-16(19(23)24)17(20)22-18(21-12)13-8-10-15(11-9-13)25-14-6-4-2-3-5-7-14;15-14(16)11-7-9-13(10-8-11)17-12-5-3-1-2-4-6-12;15-11-12-7-9-14(10-8-12)16-13-5-3-1-2-4-6-13;8-5-6-1-3-7(9)4-2-6;8-7-5-3-1-2-4-6-7;/h14-21,30,32,34,39-40,44,51H,4-13,22,24-29,31,33,57-59H2,1-3H3,(H,62,68)(H2,60,61,63);8-11,14H,2-7H2,1H3,(H,23,24)(H2,20,21,22);7-10,12H,1-6H2,(H3,15,16);7-10,13H,1-6H2;1-4,9H;7-8H,1-6H2;1H2/t34-,39-,44+,51+;;;;;;/m1....../s1. The zero-order valence-corrected chi connectivity index (χ0v) is 87.4. The largest absolute Gasteiger partial charge is 0.508 e. The molecular weight excluding hydrogens is 1890 g/mol. The number of Topliss-reactive ketones (excluding diaryl/α,β-unsaturated/α-hetero) is 3. The molecular formula is C116H152N16O15S. The van der Waals surface area contributed by atoms with Crippen LogP contribution in [0, 0.1) is 65.1 Å². The first-order chi connectivity index (χ1) is 71.2. The second kappa shape index (κ2) is 63.2. The topological polar surface area (TPSA) is 537 Å². The molecule has 0 unspecified atom stereocenters. The average molecular weight is 2040 g/mol. The van der Waals surface area contributed by atoms with Gasteiger partial charge in [-0.2, -0.15) is 29.3 Å². The summed E-state index contributed by atoms with van der Waals surface area (Å²) in [5.41, 5.74) is 41.9. The van der Waals surface area contributed by atoms with Crippen molar-refractivity contribution < 1.29 is 72.5 Å². The number of nitrogens with zero attached hydrogens (tertiary/aromatic N) is 8. The molecule has 0 spiro atoms. The lowest BCUT2D eigenvalue weighted by atomic mass is 9.88. The maximum Gasteiger partial charge on any atom is 0.341 e. The van der Waals surface area contributed by atoms with Gasteiger partial charge >= 0.3 is 5.97 Å². The Bertz CT molecular complexity index is 5750. The minimum absolute atomic E-state index is 0. The van der Waals surface area contributed by atoms with Gasteiger partial charge in [-0.05, 0) is 331 Å². The molecule has 792 valence electrons. The van der Waals surface area contributed by atoms with Gasteiger partial charge in [0.1, 0.15) is 69.3 Å². The highest BCUT2D eigenvalue weighted by molar-refractivity contribution is 7.59. The lowest BCUT2D eigenvalue weighted by Gasteiger charge is -2.32. The van der Waals surface area contributed by atoms with Crippen LogP contribution in [0.2, 0.25) is 0 Å². The van der Waals surface area contributed by atoms with Crippen LogP contribution in [0.15, 0.2) is 158 Å². The van der Waals surface area contributed by atoms with Gasteiger partial charge in [0, 0.05) is 72.4 Å². The number of phenolic OH excluding ortho intramolecular Hbond substituents is 1. The zero-order chi connectivity index (χ0) is 105. The molecule has 6 aliphatic rings. The number of carboxylic acids is 1. The van der Waals surface area contributed by atoms with E-state index in [2.05, 4.69) is 31.3 Å². The van der Waals surface area contributed by atoms with Crippen LogP contribution in [0.4, 0.5) is 11.6 Å². The van der Waals surface area contributed by atoms with Crippen LogP contribution in [0.5, 0.6) is 40.2 Å². The van der Waals surface area contributed by atoms with Crippen LogP contribution in [0.25, 0.3) is 33.9 Å². The number of aliphatic hydroxyl groups is 1. The predicted octanol–water partition coefficient (Wildman–Crippen LogP) is 20.1. The third-order valence-corrected chi connectivity index (χ3v) is 27.1. The van der Waals surface area contributed by atoms with E-state index in [9.17, 15) is 34.0 Å². The van der Waals surface area contributed by atoms with Gasteiger partial charge in [0.15, 0.2) is 29.0 Å². The van der Waals surface area contributed by atoms with E-state index >= 15 is 0 Å². The molecule has 5 saturated carbocycles. The second-order valence-corrected chi connectivity index (χ2v) is 38.7. The minimum Gasteiger partial charge on any atom is -0.508 e. The molecule has 0 saturated heterocycles. The van der Waals surface area contributed by atoms with Crippen LogP contribution >= 0.6 is 13.5 Å². The first-order valence-electron chi connectivity index (χ1n) is 52.5. The number of aromatic hydroxyl groups is 1. The number of nitrogens with one attached hydrogen (secondary N) is 2. The number of carbonyl (C=O) groups excluding carboxylic acids is 5. The maximum atomic E-state index is 14.9. The van der Waals surface area contributed by atoms with E-state index in [0.717, 1.165) is 98.3 Å². The molecule has 9 aromatic rings. The Morgan fingerprint density at radius 3 is 1.32 bits per heavy atom. The molecule has 17 N–H and O–H groups in total. The van der Waals surface area contributed by atoms with E-state index in [0.29, 0.717) is 118 Å². The number of phenols is 1. The third kappa shape index (κ3) is 38.3. The number of aromatic nitrogens is 4. The molecule has 148 heavy (non-hydrogen) atoms. The minimum atomic E-state index is -1.26. The van der Waals surface area contributed by atoms with Crippen molar-refractivity contribution in [2.75, 3.05) is 51.4 Å². The number of hydrogen-bond acceptors (Lipinski definition) is 27. The fourth-order valence-corrected chi connectivity index (χ4v) is 18.9. The number of ketones is 3. The number of benzene rings is 7. The molecule has 5 aliphatic carbocycles. The van der Waals surface area contributed by atoms with Gasteiger partial charge in [-0.25, -0.2) is 24.7 Å². The highest BCUT2D eigenvalue weighted by Gasteiger charge is 2.38. The van der Waals surface area contributed by atoms with Crippen molar-refractivity contribution in [1.29, 1.82) is 21.2 Å².